The average molecular weight is 281 g/mol. The third kappa shape index (κ3) is 3.09. The lowest BCUT2D eigenvalue weighted by atomic mass is 10.1. The lowest BCUT2D eigenvalue weighted by Gasteiger charge is -2.06. The summed E-state index contributed by atoms with van der Waals surface area (Å²) in [7, 11) is 1.61. The smallest absolute Gasteiger partial charge is 0.119 e. The Kier molecular flexibility index (Phi) is 4.60. The second-order valence-electron chi connectivity index (χ2n) is 3.84. The molecule has 20 heavy (non-hydrogen) atoms. The molecular weight excluding hydrogens is 270 g/mol. The predicted octanol–water partition coefficient (Wildman–Crippen LogP) is 3.24. The van der Waals surface area contributed by atoms with Crippen LogP contribution in [0.5, 0.6) is 5.75 Å². The second-order valence-corrected chi connectivity index (χ2v) is 4.80. The molecule has 2 aromatic rings. The van der Waals surface area contributed by atoms with Crippen molar-refractivity contribution in [3.05, 3.63) is 42.0 Å². The standard InChI is InChI=1S/C15H11N3OS/c1-19-13-4-2-3-11(9-13)14-6-5-12(10-17)15(18-14)20-8-7-16/h2-6,9H,8H2,1H3. The molecule has 1 heterocycles. The zero-order valence-electron chi connectivity index (χ0n) is 10.8. The van der Waals surface area contributed by atoms with Crippen LogP contribution < -0.4 is 4.74 Å². The molecule has 0 radical (unpaired) electrons. The van der Waals surface area contributed by atoms with E-state index in [1.165, 1.54) is 11.8 Å². The highest BCUT2D eigenvalue weighted by molar-refractivity contribution is 7.99. The van der Waals surface area contributed by atoms with Crippen LogP contribution in [-0.2, 0) is 0 Å². The molecule has 2 rings (SSSR count). The minimum absolute atomic E-state index is 0.267. The Labute approximate surface area is 121 Å². The first-order chi connectivity index (χ1) is 9.78. The van der Waals surface area contributed by atoms with Gasteiger partial charge in [0.2, 0.25) is 0 Å². The van der Waals surface area contributed by atoms with Gasteiger partial charge < -0.3 is 4.74 Å². The summed E-state index contributed by atoms with van der Waals surface area (Å²) in [5.74, 6) is 1.02. The molecule has 0 aliphatic carbocycles. The first kappa shape index (κ1) is 13.9. The average Bonchev–Trinajstić information content (AvgIpc) is 2.52. The summed E-state index contributed by atoms with van der Waals surface area (Å²) in [5, 5.41) is 18.3. The largest absolute Gasteiger partial charge is 0.497 e. The maximum absolute atomic E-state index is 9.06. The molecule has 0 saturated heterocycles. The molecule has 0 unspecified atom stereocenters. The van der Waals surface area contributed by atoms with Gasteiger partial charge in [0.05, 0.1) is 30.2 Å². The van der Waals surface area contributed by atoms with Gasteiger partial charge in [-0.25, -0.2) is 4.98 Å². The lowest BCUT2D eigenvalue weighted by molar-refractivity contribution is 0.415. The highest BCUT2D eigenvalue weighted by Gasteiger charge is 2.08. The predicted molar refractivity (Wildman–Crippen MR) is 77.3 cm³/mol. The third-order valence-corrected chi connectivity index (χ3v) is 3.48. The van der Waals surface area contributed by atoms with Gasteiger partial charge in [0.1, 0.15) is 16.8 Å². The van der Waals surface area contributed by atoms with E-state index in [-0.39, 0.29) is 5.75 Å². The summed E-state index contributed by atoms with van der Waals surface area (Å²) >= 11 is 1.26. The van der Waals surface area contributed by atoms with Gasteiger partial charge in [0.15, 0.2) is 0 Å². The summed E-state index contributed by atoms with van der Waals surface area (Å²) in [6, 6.07) is 15.2. The maximum atomic E-state index is 9.06. The van der Waals surface area contributed by atoms with Gasteiger partial charge in [0, 0.05) is 5.56 Å². The van der Waals surface area contributed by atoms with Crippen molar-refractivity contribution in [2.75, 3.05) is 12.9 Å². The normalized spacial score (nSPS) is 9.55. The van der Waals surface area contributed by atoms with E-state index in [0.717, 1.165) is 17.0 Å². The molecule has 1 aromatic heterocycles. The molecule has 0 spiro atoms. The number of methoxy groups -OCH3 is 1. The summed E-state index contributed by atoms with van der Waals surface area (Å²) < 4.78 is 5.19. The molecule has 0 N–H and O–H groups in total. The number of nitrogens with zero attached hydrogens (tertiary/aromatic N) is 3. The van der Waals surface area contributed by atoms with Crippen molar-refractivity contribution < 1.29 is 4.74 Å². The van der Waals surface area contributed by atoms with Gasteiger partial charge in [-0.3, -0.25) is 0 Å². The summed E-state index contributed by atoms with van der Waals surface area (Å²) in [4.78, 5) is 4.46. The Morgan fingerprint density at radius 1 is 1.25 bits per heavy atom. The highest BCUT2D eigenvalue weighted by atomic mass is 32.2. The van der Waals surface area contributed by atoms with Crippen LogP contribution in [0, 0.1) is 22.7 Å². The Hall–Kier alpha value is -2.50. The molecule has 98 valence electrons. The van der Waals surface area contributed by atoms with Crippen molar-refractivity contribution in [2.24, 2.45) is 0 Å². The van der Waals surface area contributed by atoms with Crippen LogP contribution in [0.25, 0.3) is 11.3 Å². The number of nitriles is 2. The van der Waals surface area contributed by atoms with Crippen LogP contribution in [0.1, 0.15) is 5.56 Å². The number of rotatable bonds is 4. The van der Waals surface area contributed by atoms with Gasteiger partial charge in [-0.05, 0) is 24.3 Å². The number of ether oxygens (including phenoxy) is 1. The van der Waals surface area contributed by atoms with Crippen molar-refractivity contribution >= 4 is 11.8 Å². The quantitative estimate of drug-likeness (QED) is 0.804. The van der Waals surface area contributed by atoms with Crippen LogP contribution in [0.2, 0.25) is 0 Å². The Morgan fingerprint density at radius 2 is 2.10 bits per heavy atom. The zero-order valence-corrected chi connectivity index (χ0v) is 11.6. The van der Waals surface area contributed by atoms with Gasteiger partial charge in [-0.2, -0.15) is 10.5 Å². The Bertz CT molecular complexity index is 701. The van der Waals surface area contributed by atoms with E-state index < -0.39 is 0 Å². The number of aromatic nitrogens is 1. The first-order valence-corrected chi connectivity index (χ1v) is 6.82. The molecule has 0 fully saturated rings. The molecule has 4 nitrogen and oxygen atoms in total. The van der Waals surface area contributed by atoms with Gasteiger partial charge in [0.25, 0.3) is 0 Å². The van der Waals surface area contributed by atoms with Crippen molar-refractivity contribution in [2.45, 2.75) is 5.03 Å². The van der Waals surface area contributed by atoms with Crippen LogP contribution >= 0.6 is 11.8 Å². The summed E-state index contributed by atoms with van der Waals surface area (Å²) in [5.41, 5.74) is 2.15. The molecule has 0 atom stereocenters. The fraction of sp³-hybridized carbons (Fsp3) is 0.133. The van der Waals surface area contributed by atoms with Crippen molar-refractivity contribution in [3.63, 3.8) is 0 Å². The lowest BCUT2D eigenvalue weighted by Crippen LogP contribution is -1.92. The van der Waals surface area contributed by atoms with Crippen LogP contribution in [0.15, 0.2) is 41.4 Å². The van der Waals surface area contributed by atoms with E-state index in [4.69, 9.17) is 15.3 Å². The van der Waals surface area contributed by atoms with E-state index >= 15 is 0 Å². The first-order valence-electron chi connectivity index (χ1n) is 5.84. The number of hydrogen-bond donors (Lipinski definition) is 0. The molecular formula is C15H11N3OS. The number of hydrogen-bond acceptors (Lipinski definition) is 5. The van der Waals surface area contributed by atoms with E-state index in [9.17, 15) is 0 Å². The molecule has 1 aromatic carbocycles. The molecule has 0 bridgehead atoms. The molecule has 0 amide bonds. The third-order valence-electron chi connectivity index (χ3n) is 2.62. The van der Waals surface area contributed by atoms with E-state index in [0.29, 0.717) is 10.6 Å². The Balaban J connectivity index is 2.42. The number of thioether (sulfide) groups is 1. The fourth-order valence-corrected chi connectivity index (χ4v) is 2.31. The topological polar surface area (TPSA) is 69.7 Å². The summed E-state index contributed by atoms with van der Waals surface area (Å²) in [6.45, 7) is 0. The van der Waals surface area contributed by atoms with E-state index in [1.807, 2.05) is 30.3 Å². The Morgan fingerprint density at radius 3 is 2.80 bits per heavy atom. The van der Waals surface area contributed by atoms with Gasteiger partial charge in [-0.1, -0.05) is 23.9 Å². The van der Waals surface area contributed by atoms with Gasteiger partial charge in [-0.15, -0.1) is 0 Å². The highest BCUT2D eigenvalue weighted by Crippen LogP contribution is 2.26. The molecule has 0 aliphatic rings. The SMILES string of the molecule is COc1cccc(-c2ccc(C#N)c(SCC#N)n2)c1. The van der Waals surface area contributed by atoms with Crippen molar-refractivity contribution in [3.8, 4) is 29.1 Å². The minimum Gasteiger partial charge on any atom is -0.497 e. The van der Waals surface area contributed by atoms with Crippen LogP contribution in [0.4, 0.5) is 0 Å². The maximum Gasteiger partial charge on any atom is 0.119 e. The van der Waals surface area contributed by atoms with Gasteiger partial charge >= 0.3 is 0 Å². The minimum atomic E-state index is 0.267. The van der Waals surface area contributed by atoms with Crippen LogP contribution in [-0.4, -0.2) is 17.8 Å². The van der Waals surface area contributed by atoms with Crippen molar-refractivity contribution in [1.82, 2.24) is 4.98 Å². The van der Waals surface area contributed by atoms with Crippen molar-refractivity contribution in [1.29, 1.82) is 10.5 Å². The number of benzene rings is 1. The zero-order chi connectivity index (χ0) is 14.4. The van der Waals surface area contributed by atoms with E-state index in [2.05, 4.69) is 11.1 Å². The monoisotopic (exact) mass is 281 g/mol. The number of pyridine rings is 1. The molecule has 0 saturated carbocycles. The second kappa shape index (κ2) is 6.60. The summed E-state index contributed by atoms with van der Waals surface area (Å²) in [6.07, 6.45) is 0. The fourth-order valence-electron chi connectivity index (χ4n) is 1.68. The molecule has 5 heteroatoms. The van der Waals surface area contributed by atoms with Crippen LogP contribution in [0.3, 0.4) is 0 Å². The van der Waals surface area contributed by atoms with E-state index in [1.54, 1.807) is 19.2 Å². The molecule has 0 aliphatic heterocycles.